The Labute approximate surface area is 605 Å². The lowest BCUT2D eigenvalue weighted by atomic mass is 9.84. The molecule has 490 valence electrons. The highest BCUT2D eigenvalue weighted by Crippen LogP contribution is 2.54. The van der Waals surface area contributed by atoms with Crippen molar-refractivity contribution in [2.45, 2.75) is 19.3 Å². The first-order valence-electron chi connectivity index (χ1n) is 36.5. The van der Waals surface area contributed by atoms with Gasteiger partial charge in [0.1, 0.15) is 5.58 Å². The fraction of sp³-hybridized carbons (Fsp3) is 0.0303. The minimum Gasteiger partial charge on any atom is -0.437 e. The van der Waals surface area contributed by atoms with Crippen molar-refractivity contribution in [3.8, 4) is 56.7 Å². The van der Waals surface area contributed by atoms with Crippen LogP contribution in [0.25, 0.3) is 230 Å². The largest absolute Gasteiger partial charge is 0.437 e. The summed E-state index contributed by atoms with van der Waals surface area (Å²) in [7, 11) is 0. The van der Waals surface area contributed by atoms with Gasteiger partial charge in [-0.15, -0.1) is 0 Å². The average Bonchev–Trinajstić information content (AvgIpc) is 1.50. The van der Waals surface area contributed by atoms with Crippen molar-refractivity contribution in [3.05, 3.63) is 327 Å². The molecule has 18 aromatic carbocycles. The molecule has 5 aromatic heterocycles. The predicted molar refractivity (Wildman–Crippen MR) is 443 cm³/mol. The molecule has 24 rings (SSSR count). The van der Waals surface area contributed by atoms with Crippen molar-refractivity contribution in [2.75, 3.05) is 0 Å². The van der Waals surface area contributed by atoms with Crippen molar-refractivity contribution < 1.29 is 4.42 Å². The Kier molecular flexibility index (Phi) is 11.5. The number of rotatable bonds is 5. The number of furan rings is 1. The molecule has 0 spiro atoms. The van der Waals surface area contributed by atoms with Gasteiger partial charge in [-0.1, -0.05) is 263 Å². The van der Waals surface area contributed by atoms with Crippen molar-refractivity contribution in [3.63, 3.8) is 0 Å². The summed E-state index contributed by atoms with van der Waals surface area (Å²) in [5.41, 5.74) is 15.4. The van der Waals surface area contributed by atoms with Gasteiger partial charge in [0.25, 0.3) is 0 Å². The zero-order valence-corrected chi connectivity index (χ0v) is 57.6. The molecule has 0 fully saturated rings. The predicted octanol–water partition coefficient (Wildman–Crippen LogP) is 26.2. The van der Waals surface area contributed by atoms with Crippen LogP contribution in [-0.2, 0) is 5.41 Å². The second kappa shape index (κ2) is 21.1. The van der Waals surface area contributed by atoms with Crippen LogP contribution >= 0.6 is 0 Å². The van der Waals surface area contributed by atoms with E-state index in [1.165, 1.54) is 97.1 Å². The number of nitrogens with zero attached hydrogens (tertiary/aromatic N) is 6. The Bertz CT molecular complexity index is 7910. The molecule has 1 aliphatic rings. The second-order valence-corrected chi connectivity index (χ2v) is 29.5. The van der Waals surface area contributed by atoms with Crippen LogP contribution in [0.15, 0.2) is 320 Å². The second-order valence-electron chi connectivity index (χ2n) is 29.5. The molecule has 1 aliphatic carbocycles. The smallest absolute Gasteiger partial charge is 0.238 e. The van der Waals surface area contributed by atoms with E-state index in [1.54, 1.807) is 0 Å². The number of benzene rings is 18. The first-order valence-corrected chi connectivity index (χ1v) is 36.5. The maximum atomic E-state index is 6.76. The molecule has 5 heterocycles. The first kappa shape index (κ1) is 57.7. The quantitative estimate of drug-likeness (QED) is 0.161. The fourth-order valence-corrected chi connectivity index (χ4v) is 18.7. The van der Waals surface area contributed by atoms with Crippen LogP contribution in [0.1, 0.15) is 25.1 Å². The van der Waals surface area contributed by atoms with Gasteiger partial charge in [-0.25, -0.2) is 15.0 Å². The molecule has 23 aromatic rings. The highest BCUT2D eigenvalue weighted by atomic mass is 16.3. The Morgan fingerprint density at radius 3 is 1.25 bits per heavy atom. The van der Waals surface area contributed by atoms with Crippen LogP contribution in [0, 0.1) is 0 Å². The van der Waals surface area contributed by atoms with Gasteiger partial charge in [-0.3, -0.25) is 9.13 Å². The minimum atomic E-state index is -0.519. The minimum absolute atomic E-state index is 0.519. The molecule has 0 N–H and O–H groups in total. The molecule has 0 saturated heterocycles. The Morgan fingerprint density at radius 2 is 0.670 bits per heavy atom. The third-order valence-electron chi connectivity index (χ3n) is 23.6. The summed E-state index contributed by atoms with van der Waals surface area (Å²) in [5, 5.41) is 30.3. The molecule has 0 aliphatic heterocycles. The summed E-state index contributed by atoms with van der Waals surface area (Å²) in [6.45, 7) is 4.70. The summed E-state index contributed by atoms with van der Waals surface area (Å²) in [6, 6.07) is 116. The van der Waals surface area contributed by atoms with Crippen LogP contribution < -0.4 is 0 Å². The van der Waals surface area contributed by atoms with Crippen LogP contribution in [0.3, 0.4) is 0 Å². The zero-order valence-electron chi connectivity index (χ0n) is 57.6. The third-order valence-corrected chi connectivity index (χ3v) is 23.6. The molecule has 0 amide bonds. The van der Waals surface area contributed by atoms with Crippen molar-refractivity contribution in [1.82, 2.24) is 29.1 Å². The van der Waals surface area contributed by atoms with Gasteiger partial charge in [0.05, 0.1) is 44.5 Å². The Morgan fingerprint density at radius 1 is 0.264 bits per heavy atom. The molecular weight excluding hydrogens is 1290 g/mol. The van der Waals surface area contributed by atoms with E-state index in [-0.39, 0.29) is 0 Å². The third kappa shape index (κ3) is 7.95. The number of aromatic nitrogens is 6. The number of fused-ring (bicyclic) bond motifs is 30. The normalized spacial score (nSPS) is 13.1. The number of para-hydroxylation sites is 1. The maximum absolute atomic E-state index is 6.76. The Hall–Kier alpha value is -13.9. The van der Waals surface area contributed by atoms with E-state index in [9.17, 15) is 0 Å². The molecule has 0 saturated carbocycles. The van der Waals surface area contributed by atoms with Crippen LogP contribution in [0.5, 0.6) is 0 Å². The van der Waals surface area contributed by atoms with Gasteiger partial charge in [0.15, 0.2) is 0 Å². The highest BCUT2D eigenvalue weighted by Gasteiger charge is 2.41. The van der Waals surface area contributed by atoms with Gasteiger partial charge >= 0.3 is 0 Å². The van der Waals surface area contributed by atoms with E-state index >= 15 is 0 Å². The molecule has 0 bridgehead atoms. The van der Waals surface area contributed by atoms with Crippen LogP contribution in [-0.4, -0.2) is 29.1 Å². The van der Waals surface area contributed by atoms with Crippen molar-refractivity contribution in [1.29, 1.82) is 0 Å². The Balaban J connectivity index is 0.733. The van der Waals surface area contributed by atoms with E-state index in [2.05, 4.69) is 326 Å². The molecule has 0 unspecified atom stereocenters. The highest BCUT2D eigenvalue weighted by molar-refractivity contribution is 6.38. The van der Waals surface area contributed by atoms with E-state index in [0.717, 1.165) is 127 Å². The molecule has 106 heavy (non-hydrogen) atoms. The summed E-state index contributed by atoms with van der Waals surface area (Å²) in [6.07, 6.45) is 0. The van der Waals surface area contributed by atoms with Crippen LogP contribution in [0.4, 0.5) is 0 Å². The lowest BCUT2D eigenvalue weighted by Crippen LogP contribution is -2.18. The lowest BCUT2D eigenvalue weighted by Gasteiger charge is -2.22. The first-order chi connectivity index (χ1) is 52.3. The summed E-state index contributed by atoms with van der Waals surface area (Å²) in [5.74, 6) is 1.19. The standard InChI is InChI=1S/C99H58N6O/c1-99(2)81-44-40-64(50-78(81)91-93(65-37-35-55-19-3-5-21-57(55)47-65)100-97(102-95(91)99)104-82-45-42-73-69-29-12-11-27-67(69)68-28-15-16-32-72(68)87(73)89(82)79-51-59-23-7-9-25-61(59)53-84(79)104)63-39-41-75-77(49-63)71-31-14-13-30-70(71)74-43-46-83-90(88(74)75)80-52-60-24-8-10-26-62(60)54-85(80)105(83)98-101-94(66-38-36-56-20-4-6-22-58(56)48-66)92-76-33-17-18-34-86(76)106-96(92)103-98/h3-54H,1-2H3. The summed E-state index contributed by atoms with van der Waals surface area (Å²) >= 11 is 0. The molecule has 0 atom stereocenters. The van der Waals surface area contributed by atoms with Gasteiger partial charge in [-0.05, 0) is 186 Å². The molecule has 7 heteroatoms. The SMILES string of the molecule is CC1(C)c2ccc(-c3ccc4c(c3)c3ccccc3c3ccc5c(c6cc7ccccc7cc6n5-c5nc(-c6ccc7ccccc7c6)c6c(n5)oc5ccccc56)c34)cc2-c2c(-c3ccc4ccccc4c3)nc(-n3c4cc5ccccc5cc4c4c5c6ccccc6c6ccccc6c5ccc43)nc21. The van der Waals surface area contributed by atoms with Crippen molar-refractivity contribution >= 4 is 173 Å². The van der Waals surface area contributed by atoms with E-state index in [0.29, 0.717) is 17.6 Å². The van der Waals surface area contributed by atoms with Gasteiger partial charge in [0.2, 0.25) is 17.6 Å². The maximum Gasteiger partial charge on any atom is 0.238 e. The summed E-state index contributed by atoms with van der Waals surface area (Å²) < 4.78 is 11.4. The van der Waals surface area contributed by atoms with E-state index < -0.39 is 5.41 Å². The van der Waals surface area contributed by atoms with Crippen LogP contribution in [0.2, 0.25) is 0 Å². The topological polar surface area (TPSA) is 74.6 Å². The molecule has 7 nitrogen and oxygen atoms in total. The average molecular weight is 1350 g/mol. The van der Waals surface area contributed by atoms with Gasteiger partial charge in [-0.2, -0.15) is 4.98 Å². The van der Waals surface area contributed by atoms with Crippen molar-refractivity contribution in [2.24, 2.45) is 0 Å². The van der Waals surface area contributed by atoms with E-state index in [4.69, 9.17) is 24.4 Å². The number of hydrogen-bond acceptors (Lipinski definition) is 5. The lowest BCUT2D eigenvalue weighted by molar-refractivity contribution is 0.632. The molecular formula is C99H58N6O. The molecule has 0 radical (unpaired) electrons. The van der Waals surface area contributed by atoms with E-state index in [1.807, 2.05) is 12.1 Å². The monoisotopic (exact) mass is 1350 g/mol. The van der Waals surface area contributed by atoms with Gasteiger partial charge in [0, 0.05) is 59.8 Å². The summed E-state index contributed by atoms with van der Waals surface area (Å²) in [4.78, 5) is 23.1. The zero-order chi connectivity index (χ0) is 69.4. The fourth-order valence-electron chi connectivity index (χ4n) is 18.7. The number of hydrogen-bond donors (Lipinski definition) is 0. The van der Waals surface area contributed by atoms with Gasteiger partial charge < -0.3 is 4.42 Å².